The average molecular weight is 370 g/mol. The lowest BCUT2D eigenvalue weighted by molar-refractivity contribution is 0.515. The van der Waals surface area contributed by atoms with Crippen LogP contribution in [0.15, 0.2) is 59.8 Å². The van der Waals surface area contributed by atoms with Crippen LogP contribution in [0.3, 0.4) is 0 Å². The van der Waals surface area contributed by atoms with E-state index in [1.807, 2.05) is 54.2 Å². The minimum atomic E-state index is 0.625. The predicted octanol–water partition coefficient (Wildman–Crippen LogP) is 6.01. The van der Waals surface area contributed by atoms with Crippen LogP contribution in [-0.4, -0.2) is 20.0 Å². The Hall–Kier alpha value is -1.78. The maximum atomic E-state index is 6.43. The molecular weight excluding hydrogens is 350 g/mol. The number of benzene rings is 2. The molecule has 128 valence electrons. The summed E-state index contributed by atoms with van der Waals surface area (Å²) in [5, 5.41) is 11.3. The van der Waals surface area contributed by atoms with E-state index in [0.717, 1.165) is 22.2 Å². The topological polar surface area (TPSA) is 30.7 Å². The Morgan fingerprint density at radius 2 is 1.60 bits per heavy atom. The molecule has 0 spiro atoms. The molecule has 1 aliphatic rings. The summed E-state index contributed by atoms with van der Waals surface area (Å²) in [6, 6.07) is 18.1. The summed E-state index contributed by atoms with van der Waals surface area (Å²) in [5.74, 6) is 0.801. The molecule has 1 aliphatic carbocycles. The summed E-state index contributed by atoms with van der Waals surface area (Å²) < 4.78 is 2.14. The minimum Gasteiger partial charge on any atom is -0.270 e. The quantitative estimate of drug-likeness (QED) is 0.564. The van der Waals surface area contributed by atoms with Crippen molar-refractivity contribution in [1.29, 1.82) is 0 Å². The van der Waals surface area contributed by atoms with Gasteiger partial charge in [-0.15, -0.1) is 10.2 Å². The van der Waals surface area contributed by atoms with Crippen LogP contribution in [-0.2, 0) is 0 Å². The Morgan fingerprint density at radius 1 is 0.880 bits per heavy atom. The van der Waals surface area contributed by atoms with Crippen LogP contribution in [0.2, 0.25) is 5.02 Å². The zero-order chi connectivity index (χ0) is 17.1. The van der Waals surface area contributed by atoms with Crippen molar-refractivity contribution in [3.8, 4) is 17.1 Å². The van der Waals surface area contributed by atoms with Gasteiger partial charge in [-0.2, -0.15) is 0 Å². The molecule has 0 radical (unpaired) electrons. The number of aromatic nitrogens is 3. The molecule has 1 heterocycles. The summed E-state index contributed by atoms with van der Waals surface area (Å²) in [7, 11) is 0. The van der Waals surface area contributed by atoms with Crippen molar-refractivity contribution in [1.82, 2.24) is 14.8 Å². The van der Waals surface area contributed by atoms with Crippen LogP contribution in [0, 0.1) is 0 Å². The number of halogens is 1. The highest BCUT2D eigenvalue weighted by Crippen LogP contribution is 2.36. The molecule has 5 heteroatoms. The summed E-state index contributed by atoms with van der Waals surface area (Å²) in [6.45, 7) is 0. The Kier molecular flexibility index (Phi) is 5.09. The highest BCUT2D eigenvalue weighted by atomic mass is 35.5. The maximum Gasteiger partial charge on any atom is 0.196 e. The van der Waals surface area contributed by atoms with Gasteiger partial charge < -0.3 is 0 Å². The number of hydrogen-bond acceptors (Lipinski definition) is 3. The summed E-state index contributed by atoms with van der Waals surface area (Å²) in [6.07, 6.45) is 6.50. The third kappa shape index (κ3) is 3.60. The van der Waals surface area contributed by atoms with Crippen molar-refractivity contribution >= 4 is 23.4 Å². The van der Waals surface area contributed by atoms with E-state index < -0.39 is 0 Å². The summed E-state index contributed by atoms with van der Waals surface area (Å²) in [5.41, 5.74) is 1.98. The fourth-order valence-electron chi connectivity index (χ4n) is 3.31. The Bertz CT molecular complexity index is 841. The molecule has 0 unspecified atom stereocenters. The molecule has 3 nitrogen and oxygen atoms in total. The van der Waals surface area contributed by atoms with E-state index in [0.29, 0.717) is 10.3 Å². The van der Waals surface area contributed by atoms with Crippen LogP contribution >= 0.6 is 23.4 Å². The van der Waals surface area contributed by atoms with Crippen LogP contribution in [0.1, 0.15) is 32.1 Å². The number of hydrogen-bond donors (Lipinski definition) is 0. The zero-order valence-electron chi connectivity index (χ0n) is 13.9. The fraction of sp³-hybridized carbons (Fsp3) is 0.300. The van der Waals surface area contributed by atoms with E-state index in [1.165, 1.54) is 32.1 Å². The summed E-state index contributed by atoms with van der Waals surface area (Å²) >= 11 is 8.29. The van der Waals surface area contributed by atoms with Crippen molar-refractivity contribution in [3.05, 3.63) is 59.6 Å². The van der Waals surface area contributed by atoms with Crippen LogP contribution in [0.25, 0.3) is 17.1 Å². The van der Waals surface area contributed by atoms with Gasteiger partial charge in [-0.25, -0.2) is 0 Å². The van der Waals surface area contributed by atoms with E-state index in [1.54, 1.807) is 0 Å². The molecule has 0 amide bonds. The second-order valence-corrected chi connectivity index (χ2v) is 8.01. The lowest BCUT2D eigenvalue weighted by Gasteiger charge is -2.21. The van der Waals surface area contributed by atoms with Crippen LogP contribution < -0.4 is 0 Å². The molecule has 0 atom stereocenters. The molecule has 0 saturated heterocycles. The molecule has 2 aromatic carbocycles. The van der Waals surface area contributed by atoms with E-state index >= 15 is 0 Å². The van der Waals surface area contributed by atoms with Gasteiger partial charge in [-0.05, 0) is 37.1 Å². The van der Waals surface area contributed by atoms with E-state index in [-0.39, 0.29) is 0 Å². The maximum absolute atomic E-state index is 6.43. The van der Waals surface area contributed by atoms with E-state index in [2.05, 4.69) is 26.9 Å². The average Bonchev–Trinajstić information content (AvgIpc) is 3.07. The molecule has 0 N–H and O–H groups in total. The number of rotatable bonds is 4. The molecule has 0 bridgehead atoms. The number of nitrogens with zero attached hydrogens (tertiary/aromatic N) is 3. The third-order valence-corrected chi connectivity index (χ3v) is 6.20. The van der Waals surface area contributed by atoms with Gasteiger partial charge in [0.25, 0.3) is 0 Å². The van der Waals surface area contributed by atoms with Gasteiger partial charge >= 0.3 is 0 Å². The van der Waals surface area contributed by atoms with E-state index in [9.17, 15) is 0 Å². The lowest BCUT2D eigenvalue weighted by atomic mass is 10.0. The zero-order valence-corrected chi connectivity index (χ0v) is 15.5. The lowest BCUT2D eigenvalue weighted by Crippen LogP contribution is -2.10. The standard InChI is InChI=1S/C20H20ClN3S/c21-18-14-8-7-13-17(18)19-22-23-20(25-16-11-5-2-6-12-16)24(19)15-9-3-1-4-10-15/h1,3-4,7-10,13-14,16H,2,5-6,11-12H2. The van der Waals surface area contributed by atoms with E-state index in [4.69, 9.17) is 11.6 Å². The SMILES string of the molecule is Clc1ccccc1-c1nnc(SC2CCCCC2)n1-c1ccccc1. The second kappa shape index (κ2) is 7.63. The van der Waals surface area contributed by atoms with Crippen molar-refractivity contribution in [2.45, 2.75) is 42.5 Å². The van der Waals surface area contributed by atoms with Crippen molar-refractivity contribution < 1.29 is 0 Å². The number of para-hydroxylation sites is 1. The first-order valence-corrected chi connectivity index (χ1v) is 10.0. The first-order valence-electron chi connectivity index (χ1n) is 8.75. The van der Waals surface area contributed by atoms with Gasteiger partial charge in [0.05, 0.1) is 5.02 Å². The molecule has 1 fully saturated rings. The van der Waals surface area contributed by atoms with Gasteiger partial charge in [0.1, 0.15) is 0 Å². The summed E-state index contributed by atoms with van der Waals surface area (Å²) in [4.78, 5) is 0. The molecule has 1 saturated carbocycles. The van der Waals surface area contributed by atoms with Crippen molar-refractivity contribution in [2.24, 2.45) is 0 Å². The van der Waals surface area contributed by atoms with Crippen LogP contribution in [0.4, 0.5) is 0 Å². The molecular formula is C20H20ClN3S. The van der Waals surface area contributed by atoms with Gasteiger partial charge in [0.2, 0.25) is 0 Å². The first kappa shape index (κ1) is 16.7. The fourth-order valence-corrected chi connectivity index (χ4v) is 4.78. The third-order valence-electron chi connectivity index (χ3n) is 4.59. The van der Waals surface area contributed by atoms with Gasteiger partial charge in [0.15, 0.2) is 11.0 Å². The highest BCUT2D eigenvalue weighted by molar-refractivity contribution is 7.99. The second-order valence-electron chi connectivity index (χ2n) is 6.33. The van der Waals surface area contributed by atoms with Crippen molar-refractivity contribution in [3.63, 3.8) is 0 Å². The molecule has 25 heavy (non-hydrogen) atoms. The molecule has 3 aromatic rings. The molecule has 4 rings (SSSR count). The molecule has 0 aliphatic heterocycles. The highest BCUT2D eigenvalue weighted by Gasteiger charge is 2.22. The molecule has 1 aromatic heterocycles. The van der Waals surface area contributed by atoms with Crippen LogP contribution in [0.5, 0.6) is 0 Å². The smallest absolute Gasteiger partial charge is 0.196 e. The van der Waals surface area contributed by atoms with Crippen molar-refractivity contribution in [2.75, 3.05) is 0 Å². The van der Waals surface area contributed by atoms with Gasteiger partial charge in [-0.1, -0.05) is 73.0 Å². The minimum absolute atomic E-state index is 0.625. The number of thioether (sulfide) groups is 1. The Balaban J connectivity index is 1.78. The Labute approximate surface area is 157 Å². The van der Waals surface area contributed by atoms with Gasteiger partial charge in [-0.3, -0.25) is 4.57 Å². The van der Waals surface area contributed by atoms with Gasteiger partial charge in [0, 0.05) is 16.5 Å². The predicted molar refractivity (Wildman–Crippen MR) is 105 cm³/mol. The normalized spacial score (nSPS) is 15.4. The largest absolute Gasteiger partial charge is 0.270 e. The Morgan fingerprint density at radius 3 is 2.36 bits per heavy atom. The first-order chi connectivity index (χ1) is 12.3. The monoisotopic (exact) mass is 369 g/mol.